The number of hydrogen-bond donors (Lipinski definition) is 0. The van der Waals surface area contributed by atoms with E-state index in [4.69, 9.17) is 22.5 Å². The summed E-state index contributed by atoms with van der Waals surface area (Å²) in [6.45, 7) is 3.76. The average molecular weight is 199 g/mol. The van der Waals surface area contributed by atoms with Crippen LogP contribution >= 0.6 is 28.3 Å². The zero-order chi connectivity index (χ0) is 8.20. The first kappa shape index (κ1) is 10.3. The van der Waals surface area contributed by atoms with Crippen molar-refractivity contribution in [3.05, 3.63) is 23.5 Å². The third-order valence-electron chi connectivity index (χ3n) is 0.966. The summed E-state index contributed by atoms with van der Waals surface area (Å²) in [6.07, 6.45) is 3.51. The van der Waals surface area contributed by atoms with E-state index in [1.807, 2.05) is 19.9 Å². The van der Waals surface area contributed by atoms with E-state index in [1.165, 1.54) is 5.82 Å². The summed E-state index contributed by atoms with van der Waals surface area (Å²) in [7, 11) is 0. The van der Waals surface area contributed by atoms with Crippen LogP contribution in [0.4, 0.5) is 0 Å². The fourth-order valence-electron chi connectivity index (χ4n) is 0.301. The lowest BCUT2D eigenvalue weighted by Gasteiger charge is -1.90. The molecule has 0 aliphatic rings. The van der Waals surface area contributed by atoms with E-state index < -0.39 is 5.85 Å². The van der Waals surface area contributed by atoms with Crippen molar-refractivity contribution in [3.8, 4) is 0 Å². The predicted molar refractivity (Wildman–Crippen MR) is 47.9 cm³/mol. The lowest BCUT2D eigenvalue weighted by Crippen LogP contribution is -1.62. The molecule has 4 heteroatoms. The standard InChI is InChI=1S/C6H9Cl2OP/c1-3-6(2)4-5-10(7,8)9/h3-5H,1-2H3/b5-4-,6-3+. The van der Waals surface area contributed by atoms with E-state index >= 15 is 0 Å². The Kier molecular flexibility index (Phi) is 4.35. The number of halogens is 2. The molecule has 0 aliphatic carbocycles. The molecule has 0 atom stereocenters. The molecule has 58 valence electrons. The van der Waals surface area contributed by atoms with Crippen LogP contribution in [0.5, 0.6) is 0 Å². The monoisotopic (exact) mass is 198 g/mol. The van der Waals surface area contributed by atoms with Gasteiger partial charge >= 0.3 is 0 Å². The van der Waals surface area contributed by atoms with Crippen molar-refractivity contribution in [2.45, 2.75) is 13.8 Å². The Morgan fingerprint density at radius 1 is 1.50 bits per heavy atom. The summed E-state index contributed by atoms with van der Waals surface area (Å²) in [5, 5.41) is 0. The van der Waals surface area contributed by atoms with Gasteiger partial charge in [0.25, 0.3) is 5.85 Å². The zero-order valence-electron chi connectivity index (χ0n) is 5.84. The molecule has 0 aliphatic heterocycles. The van der Waals surface area contributed by atoms with E-state index in [0.717, 1.165) is 5.57 Å². The van der Waals surface area contributed by atoms with Crippen molar-refractivity contribution < 1.29 is 4.57 Å². The molecule has 0 saturated heterocycles. The van der Waals surface area contributed by atoms with E-state index in [1.54, 1.807) is 6.08 Å². The first-order chi connectivity index (χ1) is 4.45. The van der Waals surface area contributed by atoms with Crippen LogP contribution in [0.3, 0.4) is 0 Å². The van der Waals surface area contributed by atoms with Gasteiger partial charge in [-0.15, -0.1) is 0 Å². The predicted octanol–water partition coefficient (Wildman–Crippen LogP) is 4.14. The third-order valence-corrected chi connectivity index (χ3v) is 2.14. The summed E-state index contributed by atoms with van der Waals surface area (Å²) in [5.74, 6) is -1.70. The van der Waals surface area contributed by atoms with Crippen LogP contribution in [0, 0.1) is 0 Å². The summed E-state index contributed by atoms with van der Waals surface area (Å²) in [6, 6.07) is 0. The summed E-state index contributed by atoms with van der Waals surface area (Å²) < 4.78 is 10.7. The minimum absolute atomic E-state index is 0.988. The highest BCUT2D eigenvalue weighted by Crippen LogP contribution is 2.58. The second-order valence-corrected chi connectivity index (χ2v) is 6.69. The first-order valence-corrected chi connectivity index (χ1v) is 6.35. The van der Waals surface area contributed by atoms with E-state index in [2.05, 4.69) is 0 Å². The highest BCUT2D eigenvalue weighted by Gasteiger charge is 2.05. The maximum Gasteiger partial charge on any atom is 0.274 e. The van der Waals surface area contributed by atoms with Gasteiger partial charge in [0, 0.05) is 5.82 Å². The maximum atomic E-state index is 10.7. The van der Waals surface area contributed by atoms with Crippen LogP contribution < -0.4 is 0 Å². The number of hydrogen-bond acceptors (Lipinski definition) is 1. The molecule has 0 N–H and O–H groups in total. The Hall–Kier alpha value is 0.290. The maximum absolute atomic E-state index is 10.7. The highest BCUT2D eigenvalue weighted by molar-refractivity contribution is 8.10. The summed E-state index contributed by atoms with van der Waals surface area (Å²) in [4.78, 5) is 0. The number of allylic oxidation sites excluding steroid dienone is 3. The molecule has 0 amide bonds. The van der Waals surface area contributed by atoms with Crippen LogP contribution in [-0.2, 0) is 4.57 Å². The van der Waals surface area contributed by atoms with E-state index in [0.29, 0.717) is 0 Å². The second kappa shape index (κ2) is 4.23. The van der Waals surface area contributed by atoms with Crippen LogP contribution in [-0.4, -0.2) is 0 Å². The van der Waals surface area contributed by atoms with Gasteiger partial charge in [-0.1, -0.05) is 17.7 Å². The Morgan fingerprint density at radius 3 is 2.30 bits per heavy atom. The lowest BCUT2D eigenvalue weighted by atomic mass is 10.3. The van der Waals surface area contributed by atoms with Crippen LogP contribution in [0.2, 0.25) is 0 Å². The molecule has 0 unspecified atom stereocenters. The highest BCUT2D eigenvalue weighted by atomic mass is 35.9. The summed E-state index contributed by atoms with van der Waals surface area (Å²) >= 11 is 10.5. The topological polar surface area (TPSA) is 17.1 Å². The second-order valence-electron chi connectivity index (χ2n) is 1.85. The SMILES string of the molecule is C/C=C(C)/C=C\P(=O)(Cl)Cl. The molecule has 0 saturated carbocycles. The first-order valence-electron chi connectivity index (χ1n) is 2.77. The van der Waals surface area contributed by atoms with E-state index in [9.17, 15) is 4.57 Å². The molecule has 1 nitrogen and oxygen atoms in total. The molecule has 0 bridgehead atoms. The Morgan fingerprint density at radius 2 is 2.00 bits per heavy atom. The van der Waals surface area contributed by atoms with Gasteiger partial charge < -0.3 is 0 Å². The molecule has 0 rings (SSSR count). The van der Waals surface area contributed by atoms with Crippen LogP contribution in [0.25, 0.3) is 0 Å². The number of rotatable bonds is 2. The fraction of sp³-hybridized carbons (Fsp3) is 0.333. The van der Waals surface area contributed by atoms with Gasteiger partial charge in [0.1, 0.15) is 0 Å². The Balaban J connectivity index is 4.15. The van der Waals surface area contributed by atoms with Crippen molar-refractivity contribution in [2.24, 2.45) is 0 Å². The Bertz CT molecular complexity index is 202. The summed E-state index contributed by atoms with van der Waals surface area (Å²) in [5.41, 5.74) is 0.988. The molecule has 10 heavy (non-hydrogen) atoms. The third kappa shape index (κ3) is 6.41. The van der Waals surface area contributed by atoms with Gasteiger partial charge in [0.15, 0.2) is 0 Å². The normalized spacial score (nSPS) is 14.6. The quantitative estimate of drug-likeness (QED) is 0.482. The van der Waals surface area contributed by atoms with Gasteiger partial charge in [-0.25, -0.2) is 0 Å². The van der Waals surface area contributed by atoms with Crippen LogP contribution in [0.15, 0.2) is 23.5 Å². The minimum atomic E-state index is -3.01. The van der Waals surface area contributed by atoms with Gasteiger partial charge in [0.05, 0.1) is 0 Å². The van der Waals surface area contributed by atoms with Gasteiger partial charge in [-0.2, -0.15) is 0 Å². The molecule has 0 spiro atoms. The molecule has 0 heterocycles. The zero-order valence-corrected chi connectivity index (χ0v) is 8.25. The smallest absolute Gasteiger partial charge is 0.274 e. The largest absolute Gasteiger partial charge is 0.285 e. The lowest BCUT2D eigenvalue weighted by molar-refractivity contribution is 0.597. The minimum Gasteiger partial charge on any atom is -0.285 e. The molecule has 0 radical (unpaired) electrons. The van der Waals surface area contributed by atoms with E-state index in [-0.39, 0.29) is 0 Å². The van der Waals surface area contributed by atoms with Crippen molar-refractivity contribution in [2.75, 3.05) is 0 Å². The van der Waals surface area contributed by atoms with Crippen molar-refractivity contribution in [3.63, 3.8) is 0 Å². The molecule has 0 fully saturated rings. The molecule has 0 aromatic heterocycles. The van der Waals surface area contributed by atoms with Gasteiger partial charge in [0.2, 0.25) is 0 Å². The van der Waals surface area contributed by atoms with Crippen LogP contribution in [0.1, 0.15) is 13.8 Å². The average Bonchev–Trinajstić information content (AvgIpc) is 1.81. The van der Waals surface area contributed by atoms with Crippen molar-refractivity contribution in [1.29, 1.82) is 0 Å². The van der Waals surface area contributed by atoms with Gasteiger partial charge in [-0.3, -0.25) is 4.57 Å². The molecular formula is C6H9Cl2OP. The fourth-order valence-corrected chi connectivity index (χ4v) is 1.05. The Labute approximate surface area is 70.7 Å². The van der Waals surface area contributed by atoms with Crippen molar-refractivity contribution >= 4 is 28.3 Å². The molecule has 0 aromatic carbocycles. The van der Waals surface area contributed by atoms with Gasteiger partial charge in [-0.05, 0) is 36.3 Å². The molecular weight excluding hydrogens is 190 g/mol. The van der Waals surface area contributed by atoms with Crippen molar-refractivity contribution in [1.82, 2.24) is 0 Å². The molecule has 0 aromatic rings.